The van der Waals surface area contributed by atoms with Crippen molar-refractivity contribution in [1.29, 1.82) is 0 Å². The molecule has 216 valence electrons. The van der Waals surface area contributed by atoms with E-state index in [1.807, 2.05) is 18.2 Å². The van der Waals surface area contributed by atoms with Crippen LogP contribution in [0.4, 0.5) is 4.39 Å². The first kappa shape index (κ1) is 27.8. The maximum atomic E-state index is 14.3. The van der Waals surface area contributed by atoms with E-state index in [-0.39, 0.29) is 35.1 Å². The van der Waals surface area contributed by atoms with Crippen molar-refractivity contribution in [3.63, 3.8) is 0 Å². The van der Waals surface area contributed by atoms with E-state index < -0.39 is 15.4 Å². The zero-order valence-electron chi connectivity index (χ0n) is 23.6. The quantitative estimate of drug-likeness (QED) is 0.464. The topological polar surface area (TPSA) is 84.7 Å². The number of fused-ring (bicyclic) bond motifs is 2. The van der Waals surface area contributed by atoms with Gasteiger partial charge in [-0.15, -0.1) is 0 Å². The fourth-order valence-corrected chi connectivity index (χ4v) is 7.64. The molecule has 3 aromatic rings. The second-order valence-electron chi connectivity index (χ2n) is 12.1. The monoisotopic (exact) mass is 578 g/mol. The molecule has 2 aliphatic heterocycles. The van der Waals surface area contributed by atoms with Gasteiger partial charge in [0.15, 0.2) is 0 Å². The number of rotatable bonds is 4. The van der Waals surface area contributed by atoms with E-state index in [1.165, 1.54) is 16.4 Å². The molecule has 2 fully saturated rings. The minimum absolute atomic E-state index is 0.0551. The molecule has 0 bridgehead atoms. The molecular formula is C31H35FN4O4S. The van der Waals surface area contributed by atoms with Crippen molar-refractivity contribution in [2.45, 2.75) is 43.9 Å². The van der Waals surface area contributed by atoms with Gasteiger partial charge in [0.25, 0.3) is 0 Å². The first-order valence-electron chi connectivity index (χ1n) is 14.0. The number of halogens is 1. The summed E-state index contributed by atoms with van der Waals surface area (Å²) in [6.07, 6.45) is 4.48. The lowest BCUT2D eigenvalue weighted by Gasteiger charge is -2.47. The van der Waals surface area contributed by atoms with Crippen LogP contribution in [0.2, 0.25) is 0 Å². The van der Waals surface area contributed by atoms with Gasteiger partial charge in [-0.2, -0.15) is 9.40 Å². The fraction of sp³-hybridized carbons (Fsp3) is 0.419. The minimum atomic E-state index is -3.84. The molecule has 1 aromatic heterocycles. The second kappa shape index (κ2) is 10.2. The van der Waals surface area contributed by atoms with Crippen LogP contribution in [0.25, 0.3) is 11.8 Å². The van der Waals surface area contributed by atoms with Gasteiger partial charge in [0.1, 0.15) is 5.82 Å². The maximum Gasteiger partial charge on any atom is 0.243 e. The number of nitrogens with zero attached hydrogens (tertiary/aromatic N) is 4. The highest BCUT2D eigenvalue weighted by Crippen LogP contribution is 2.46. The number of benzene rings is 2. The van der Waals surface area contributed by atoms with Crippen LogP contribution in [0.3, 0.4) is 0 Å². The number of ether oxygens (including phenoxy) is 1. The molecule has 1 aliphatic carbocycles. The SMILES string of the molecule is CC(C)(C)c1ccc(S(=O)(=O)N2CCC3=Cc4c(cnn4-c4ccc(F)cc4)C[C@]3(C(=O)N3CCOCC3)C2)cc1. The highest BCUT2D eigenvalue weighted by atomic mass is 32.2. The average Bonchev–Trinajstić information content (AvgIpc) is 3.37. The van der Waals surface area contributed by atoms with Crippen molar-refractivity contribution < 1.29 is 22.3 Å². The van der Waals surface area contributed by atoms with Crippen molar-refractivity contribution >= 4 is 22.0 Å². The summed E-state index contributed by atoms with van der Waals surface area (Å²) in [6.45, 7) is 8.44. The van der Waals surface area contributed by atoms with E-state index in [0.717, 1.165) is 28.1 Å². The zero-order chi connectivity index (χ0) is 29.0. The number of carbonyl (C=O) groups excluding carboxylic acids is 1. The largest absolute Gasteiger partial charge is 0.378 e. The lowest BCUT2D eigenvalue weighted by Crippen LogP contribution is -2.58. The summed E-state index contributed by atoms with van der Waals surface area (Å²) < 4.78 is 50.2. The van der Waals surface area contributed by atoms with E-state index in [9.17, 15) is 17.6 Å². The van der Waals surface area contributed by atoms with Gasteiger partial charge >= 0.3 is 0 Å². The van der Waals surface area contributed by atoms with E-state index in [4.69, 9.17) is 4.74 Å². The van der Waals surface area contributed by atoms with Crippen LogP contribution in [0, 0.1) is 11.2 Å². The summed E-state index contributed by atoms with van der Waals surface area (Å²) in [6, 6.07) is 13.2. The van der Waals surface area contributed by atoms with Crippen molar-refractivity contribution in [2.75, 3.05) is 39.4 Å². The summed E-state index contributed by atoms with van der Waals surface area (Å²) in [4.78, 5) is 16.4. The number of carbonyl (C=O) groups is 1. The molecule has 2 aromatic carbocycles. The van der Waals surface area contributed by atoms with Gasteiger partial charge in [-0.05, 0) is 77.4 Å². The van der Waals surface area contributed by atoms with Gasteiger partial charge in [-0.3, -0.25) is 4.79 Å². The van der Waals surface area contributed by atoms with Crippen LogP contribution >= 0.6 is 0 Å². The summed E-state index contributed by atoms with van der Waals surface area (Å²) in [5.74, 6) is -0.403. The summed E-state index contributed by atoms with van der Waals surface area (Å²) in [5.41, 5.74) is 3.23. The molecule has 3 heterocycles. The minimum Gasteiger partial charge on any atom is -0.378 e. The molecule has 41 heavy (non-hydrogen) atoms. The summed E-state index contributed by atoms with van der Waals surface area (Å²) >= 11 is 0. The van der Waals surface area contributed by atoms with Crippen molar-refractivity contribution in [2.24, 2.45) is 5.41 Å². The normalized spacial score (nSPS) is 21.7. The maximum absolute atomic E-state index is 14.3. The van der Waals surface area contributed by atoms with Crippen LogP contribution < -0.4 is 0 Å². The van der Waals surface area contributed by atoms with Gasteiger partial charge < -0.3 is 9.64 Å². The van der Waals surface area contributed by atoms with Crippen LogP contribution in [0.15, 0.2) is 65.2 Å². The Morgan fingerprint density at radius 2 is 1.68 bits per heavy atom. The zero-order valence-corrected chi connectivity index (χ0v) is 24.5. The average molecular weight is 579 g/mol. The van der Waals surface area contributed by atoms with E-state index >= 15 is 0 Å². The van der Waals surface area contributed by atoms with Crippen LogP contribution in [-0.2, 0) is 31.4 Å². The molecule has 1 amide bonds. The molecule has 2 saturated heterocycles. The molecule has 10 heteroatoms. The molecule has 0 radical (unpaired) electrons. The van der Waals surface area contributed by atoms with E-state index in [1.54, 1.807) is 40.0 Å². The predicted octanol–water partition coefficient (Wildman–Crippen LogP) is 4.19. The first-order valence-corrected chi connectivity index (χ1v) is 15.4. The van der Waals surface area contributed by atoms with E-state index in [0.29, 0.717) is 39.1 Å². The Morgan fingerprint density at radius 1 is 1.00 bits per heavy atom. The van der Waals surface area contributed by atoms with Crippen molar-refractivity contribution in [1.82, 2.24) is 19.0 Å². The van der Waals surface area contributed by atoms with E-state index in [2.05, 4.69) is 25.9 Å². The Hall–Kier alpha value is -3.34. The Balaban J connectivity index is 1.38. The Morgan fingerprint density at radius 3 is 2.34 bits per heavy atom. The molecule has 3 aliphatic rings. The van der Waals surface area contributed by atoms with Gasteiger partial charge in [0, 0.05) is 26.2 Å². The number of hydrogen-bond acceptors (Lipinski definition) is 5. The second-order valence-corrected chi connectivity index (χ2v) is 14.1. The predicted molar refractivity (Wildman–Crippen MR) is 154 cm³/mol. The lowest BCUT2D eigenvalue weighted by molar-refractivity contribution is -0.145. The number of piperidine rings is 1. The third-order valence-corrected chi connectivity index (χ3v) is 10.4. The number of aromatic nitrogens is 2. The van der Waals surface area contributed by atoms with Crippen molar-refractivity contribution in [3.8, 4) is 5.69 Å². The fourth-order valence-electron chi connectivity index (χ4n) is 6.14. The van der Waals surface area contributed by atoms with Gasteiger partial charge in [-0.1, -0.05) is 32.9 Å². The molecule has 0 spiro atoms. The Labute approximate surface area is 240 Å². The number of morpholine rings is 1. The Kier molecular flexibility index (Phi) is 6.91. The summed E-state index contributed by atoms with van der Waals surface area (Å²) in [7, 11) is -3.84. The van der Waals surface area contributed by atoms with Gasteiger partial charge in [0.2, 0.25) is 15.9 Å². The number of hydrogen-bond donors (Lipinski definition) is 0. The number of amides is 1. The molecular weight excluding hydrogens is 543 g/mol. The van der Waals surface area contributed by atoms with Gasteiger partial charge in [0.05, 0.1) is 41.1 Å². The lowest BCUT2D eigenvalue weighted by atomic mass is 9.67. The molecule has 8 nitrogen and oxygen atoms in total. The molecule has 6 rings (SSSR count). The number of sulfonamides is 1. The molecule has 0 N–H and O–H groups in total. The highest BCUT2D eigenvalue weighted by molar-refractivity contribution is 7.89. The molecule has 1 atom stereocenters. The van der Waals surface area contributed by atoms with Crippen LogP contribution in [0.5, 0.6) is 0 Å². The van der Waals surface area contributed by atoms with Gasteiger partial charge in [-0.25, -0.2) is 17.5 Å². The third-order valence-electron chi connectivity index (χ3n) is 8.52. The molecule has 0 saturated carbocycles. The first-order chi connectivity index (χ1) is 19.5. The van der Waals surface area contributed by atoms with Crippen LogP contribution in [0.1, 0.15) is 44.0 Å². The highest BCUT2D eigenvalue weighted by Gasteiger charge is 2.52. The summed E-state index contributed by atoms with van der Waals surface area (Å²) in [5, 5.41) is 4.57. The van der Waals surface area contributed by atoms with Crippen molar-refractivity contribution in [3.05, 3.63) is 82.9 Å². The smallest absolute Gasteiger partial charge is 0.243 e. The third kappa shape index (κ3) is 4.91. The molecule has 0 unspecified atom stereocenters. The Bertz CT molecular complexity index is 1600. The standard InChI is InChI=1S/C31H35FN4O4S/c1-30(2,3)23-4-10-27(11-5-23)41(38,39)35-13-12-24-18-28-22(20-33-36(28)26-8-6-25(32)7-9-26)19-31(24,21-35)29(37)34-14-16-40-17-15-34/h4-11,18,20H,12-17,19,21H2,1-3H3/t31-/m0/s1. The van der Waals surface area contributed by atoms with Crippen LogP contribution in [-0.4, -0.2) is 72.7 Å².